The minimum atomic E-state index is -4.32. The van der Waals surface area contributed by atoms with Crippen LogP contribution >= 0.6 is 0 Å². The van der Waals surface area contributed by atoms with Crippen molar-refractivity contribution in [3.8, 4) is 0 Å². The fraction of sp³-hybridized carbons (Fsp3) is 0.478. The number of aromatic nitrogens is 1. The lowest BCUT2D eigenvalue weighted by molar-refractivity contribution is -0.137. The largest absolute Gasteiger partial charge is 0.416 e. The zero-order valence-corrected chi connectivity index (χ0v) is 16.9. The van der Waals surface area contributed by atoms with Gasteiger partial charge in [-0.2, -0.15) is 13.2 Å². The first kappa shape index (κ1) is 20.8. The summed E-state index contributed by atoms with van der Waals surface area (Å²) in [6, 6.07) is 11.2. The molecular formula is C23H26F3N3O. The Morgan fingerprint density at radius 2 is 1.73 bits per heavy atom. The third-order valence-corrected chi connectivity index (χ3v) is 6.00. The molecule has 0 N–H and O–H groups in total. The Labute approximate surface area is 174 Å². The number of amides is 1. The maximum atomic E-state index is 12.8. The molecule has 2 aromatic rings. The number of carbonyl (C=O) groups is 1. The van der Waals surface area contributed by atoms with Gasteiger partial charge in [0, 0.05) is 25.2 Å². The molecule has 1 aromatic carbocycles. The first-order chi connectivity index (χ1) is 14.4. The van der Waals surface area contributed by atoms with Crippen molar-refractivity contribution in [1.82, 2.24) is 14.8 Å². The lowest BCUT2D eigenvalue weighted by Gasteiger charge is -2.26. The summed E-state index contributed by atoms with van der Waals surface area (Å²) in [5, 5.41) is 0. The molecule has 2 aliphatic rings. The van der Waals surface area contributed by atoms with E-state index in [-0.39, 0.29) is 11.9 Å². The Kier molecular flexibility index (Phi) is 6.09. The van der Waals surface area contributed by atoms with Gasteiger partial charge < -0.3 is 4.90 Å². The van der Waals surface area contributed by atoms with Crippen LogP contribution in [0.2, 0.25) is 0 Å². The second-order valence-electron chi connectivity index (χ2n) is 8.14. The molecule has 0 bridgehead atoms. The van der Waals surface area contributed by atoms with E-state index in [0.717, 1.165) is 74.4 Å². The zero-order valence-electron chi connectivity index (χ0n) is 16.9. The van der Waals surface area contributed by atoms with E-state index >= 15 is 0 Å². The molecule has 1 unspecified atom stereocenters. The summed E-state index contributed by atoms with van der Waals surface area (Å²) >= 11 is 0. The van der Waals surface area contributed by atoms with Crippen molar-refractivity contribution < 1.29 is 18.0 Å². The Hall–Kier alpha value is -2.41. The first-order valence-electron chi connectivity index (χ1n) is 10.5. The lowest BCUT2D eigenvalue weighted by atomic mass is 10.1. The van der Waals surface area contributed by atoms with Crippen LogP contribution in [0.5, 0.6) is 0 Å². The van der Waals surface area contributed by atoms with Gasteiger partial charge in [0.1, 0.15) is 0 Å². The highest BCUT2D eigenvalue weighted by Gasteiger charge is 2.31. The van der Waals surface area contributed by atoms with Crippen LogP contribution in [0, 0.1) is 0 Å². The molecule has 4 nitrogen and oxygen atoms in total. The molecule has 0 saturated carbocycles. The number of likely N-dealkylation sites (tertiary alicyclic amines) is 2. The fourth-order valence-corrected chi connectivity index (χ4v) is 4.39. The summed E-state index contributed by atoms with van der Waals surface area (Å²) in [5.41, 5.74) is 1.91. The smallest absolute Gasteiger partial charge is 0.342 e. The van der Waals surface area contributed by atoms with Crippen molar-refractivity contribution in [1.29, 1.82) is 0 Å². The molecule has 1 aromatic heterocycles. The lowest BCUT2D eigenvalue weighted by Crippen LogP contribution is -2.38. The maximum Gasteiger partial charge on any atom is 0.416 e. The average Bonchev–Trinajstić information content (AvgIpc) is 3.40. The molecule has 4 rings (SSSR count). The highest BCUT2D eigenvalue weighted by molar-refractivity contribution is 5.78. The number of rotatable bonds is 5. The molecule has 1 amide bonds. The molecule has 3 heterocycles. The van der Waals surface area contributed by atoms with Gasteiger partial charge in [0.15, 0.2) is 0 Å². The van der Waals surface area contributed by atoms with Crippen molar-refractivity contribution in [3.05, 3.63) is 65.0 Å². The predicted octanol–water partition coefficient (Wildman–Crippen LogP) is 4.45. The van der Waals surface area contributed by atoms with Gasteiger partial charge in [-0.15, -0.1) is 0 Å². The van der Waals surface area contributed by atoms with Crippen LogP contribution in [0.15, 0.2) is 42.5 Å². The standard InChI is InChI=1S/C23H26F3N3O/c24-23(25,26)18-10-8-17(9-11-18)15-19-5-3-6-20(27-19)21-7-4-14-29(21)16-22(30)28-12-1-2-13-28/h3,5-6,8-11,21H,1-2,4,7,12-16H2. The number of alkyl halides is 3. The van der Waals surface area contributed by atoms with Crippen LogP contribution in [-0.4, -0.2) is 46.9 Å². The summed E-state index contributed by atoms with van der Waals surface area (Å²) in [6.07, 6.45) is 0.318. The Morgan fingerprint density at radius 1 is 1.00 bits per heavy atom. The van der Waals surface area contributed by atoms with Gasteiger partial charge in [-0.1, -0.05) is 18.2 Å². The second-order valence-corrected chi connectivity index (χ2v) is 8.14. The normalized spacial score (nSPS) is 20.1. The van der Waals surface area contributed by atoms with Crippen LogP contribution in [0.3, 0.4) is 0 Å². The fourth-order valence-electron chi connectivity index (χ4n) is 4.39. The van der Waals surface area contributed by atoms with Crippen LogP contribution < -0.4 is 0 Å². The summed E-state index contributed by atoms with van der Waals surface area (Å²) in [7, 11) is 0. The zero-order chi connectivity index (χ0) is 21.1. The Morgan fingerprint density at radius 3 is 2.43 bits per heavy atom. The average molecular weight is 417 g/mol. The highest BCUT2D eigenvalue weighted by atomic mass is 19.4. The highest BCUT2D eigenvalue weighted by Crippen LogP contribution is 2.32. The van der Waals surface area contributed by atoms with Crippen molar-refractivity contribution >= 4 is 5.91 Å². The van der Waals surface area contributed by atoms with Crippen LogP contribution in [-0.2, 0) is 17.4 Å². The summed E-state index contributed by atoms with van der Waals surface area (Å²) in [5.74, 6) is 0.195. The molecule has 1 atom stereocenters. The van der Waals surface area contributed by atoms with E-state index in [4.69, 9.17) is 4.98 Å². The number of nitrogens with zero attached hydrogens (tertiary/aromatic N) is 3. The molecule has 160 valence electrons. The molecule has 7 heteroatoms. The predicted molar refractivity (Wildman–Crippen MR) is 108 cm³/mol. The van der Waals surface area contributed by atoms with Gasteiger partial charge in [0.25, 0.3) is 0 Å². The van der Waals surface area contributed by atoms with Crippen LogP contribution in [0.25, 0.3) is 0 Å². The summed E-state index contributed by atoms with van der Waals surface area (Å²) in [6.45, 7) is 3.03. The third kappa shape index (κ3) is 4.83. The van der Waals surface area contributed by atoms with E-state index in [1.807, 2.05) is 23.1 Å². The molecule has 2 saturated heterocycles. The van der Waals surface area contributed by atoms with Crippen LogP contribution in [0.1, 0.15) is 54.2 Å². The SMILES string of the molecule is O=C(CN1CCCC1c1cccc(Cc2ccc(C(F)(F)F)cc2)n1)N1CCCC1. The van der Waals surface area contributed by atoms with Crippen molar-refractivity contribution in [2.24, 2.45) is 0 Å². The molecular weight excluding hydrogens is 391 g/mol. The number of halogens is 3. The van der Waals surface area contributed by atoms with E-state index in [0.29, 0.717) is 13.0 Å². The van der Waals surface area contributed by atoms with E-state index in [2.05, 4.69) is 4.90 Å². The molecule has 0 radical (unpaired) electrons. The summed E-state index contributed by atoms with van der Waals surface area (Å²) in [4.78, 5) is 21.5. The van der Waals surface area contributed by atoms with Gasteiger partial charge in [0.2, 0.25) is 5.91 Å². The number of benzene rings is 1. The number of hydrogen-bond acceptors (Lipinski definition) is 3. The summed E-state index contributed by atoms with van der Waals surface area (Å²) < 4.78 is 38.3. The van der Waals surface area contributed by atoms with Gasteiger partial charge in [-0.05, 0) is 62.1 Å². The monoisotopic (exact) mass is 417 g/mol. The van der Waals surface area contributed by atoms with E-state index < -0.39 is 11.7 Å². The molecule has 0 spiro atoms. The van der Waals surface area contributed by atoms with E-state index in [1.54, 1.807) is 0 Å². The van der Waals surface area contributed by atoms with Gasteiger partial charge >= 0.3 is 6.18 Å². The quantitative estimate of drug-likeness (QED) is 0.721. The van der Waals surface area contributed by atoms with Gasteiger partial charge in [0.05, 0.1) is 23.8 Å². The molecule has 2 aliphatic heterocycles. The van der Waals surface area contributed by atoms with Crippen LogP contribution in [0.4, 0.5) is 13.2 Å². The Bertz CT molecular complexity index is 876. The van der Waals surface area contributed by atoms with Crippen molar-refractivity contribution in [2.45, 2.75) is 44.3 Å². The molecule has 0 aliphatic carbocycles. The first-order valence-corrected chi connectivity index (χ1v) is 10.5. The van der Waals surface area contributed by atoms with Crippen molar-refractivity contribution in [3.63, 3.8) is 0 Å². The number of carbonyl (C=O) groups excluding carboxylic acids is 1. The minimum Gasteiger partial charge on any atom is -0.342 e. The second kappa shape index (κ2) is 8.76. The van der Waals surface area contributed by atoms with Gasteiger partial charge in [-0.25, -0.2) is 0 Å². The van der Waals surface area contributed by atoms with E-state index in [1.165, 1.54) is 12.1 Å². The number of hydrogen-bond donors (Lipinski definition) is 0. The minimum absolute atomic E-state index is 0.115. The maximum absolute atomic E-state index is 12.8. The molecule has 30 heavy (non-hydrogen) atoms. The Balaban J connectivity index is 1.43. The number of pyridine rings is 1. The topological polar surface area (TPSA) is 36.4 Å². The molecule has 2 fully saturated rings. The van der Waals surface area contributed by atoms with Gasteiger partial charge in [-0.3, -0.25) is 14.7 Å². The van der Waals surface area contributed by atoms with E-state index in [9.17, 15) is 18.0 Å². The van der Waals surface area contributed by atoms with Crippen molar-refractivity contribution in [2.75, 3.05) is 26.2 Å². The third-order valence-electron chi connectivity index (χ3n) is 6.00.